The lowest BCUT2D eigenvalue weighted by Crippen LogP contribution is -2.31. The monoisotopic (exact) mass is 222 g/mol. The molecule has 0 aliphatic rings. The van der Waals surface area contributed by atoms with Crippen LogP contribution in [0.1, 0.15) is 39.2 Å². The molecule has 1 aromatic rings. The summed E-state index contributed by atoms with van der Waals surface area (Å²) in [6.07, 6.45) is 4.11. The second kappa shape index (κ2) is 5.14. The molecule has 0 unspecified atom stereocenters. The number of nitrogens with one attached hydrogen (secondary N) is 2. The van der Waals surface area contributed by atoms with Crippen LogP contribution in [-0.2, 0) is 0 Å². The Kier molecular flexibility index (Phi) is 4.10. The fourth-order valence-electron chi connectivity index (χ4n) is 1.70. The standard InChI is InChI=1S/C12H22N4/c1-6-7-12(3,4)16-10-9(2)8-14-11(13-5)15-10/h8H,6-7H2,1-5H3,(H2,13,14,15,16). The lowest BCUT2D eigenvalue weighted by Gasteiger charge is -2.27. The molecule has 16 heavy (non-hydrogen) atoms. The van der Waals surface area contributed by atoms with E-state index in [2.05, 4.69) is 41.4 Å². The van der Waals surface area contributed by atoms with Gasteiger partial charge in [-0.1, -0.05) is 13.3 Å². The van der Waals surface area contributed by atoms with E-state index in [0.29, 0.717) is 5.95 Å². The first-order chi connectivity index (χ1) is 7.48. The van der Waals surface area contributed by atoms with E-state index in [9.17, 15) is 0 Å². The van der Waals surface area contributed by atoms with E-state index in [4.69, 9.17) is 0 Å². The van der Waals surface area contributed by atoms with Gasteiger partial charge in [-0.3, -0.25) is 0 Å². The van der Waals surface area contributed by atoms with Crippen molar-refractivity contribution >= 4 is 11.8 Å². The Morgan fingerprint density at radius 3 is 2.62 bits per heavy atom. The van der Waals surface area contributed by atoms with Gasteiger partial charge in [0.25, 0.3) is 0 Å². The molecule has 0 aliphatic carbocycles. The van der Waals surface area contributed by atoms with Gasteiger partial charge in [0.2, 0.25) is 5.95 Å². The SMILES string of the molecule is CCCC(C)(C)Nc1nc(NC)ncc1C. The molecule has 0 fully saturated rings. The highest BCUT2D eigenvalue weighted by Gasteiger charge is 2.17. The number of aromatic nitrogens is 2. The van der Waals surface area contributed by atoms with Crippen LogP contribution in [0.5, 0.6) is 0 Å². The fourth-order valence-corrected chi connectivity index (χ4v) is 1.70. The van der Waals surface area contributed by atoms with Crippen LogP contribution in [0.3, 0.4) is 0 Å². The predicted molar refractivity (Wildman–Crippen MR) is 68.9 cm³/mol. The summed E-state index contributed by atoms with van der Waals surface area (Å²) in [5, 5.41) is 6.42. The summed E-state index contributed by atoms with van der Waals surface area (Å²) in [6.45, 7) is 8.59. The van der Waals surface area contributed by atoms with Gasteiger partial charge in [0.05, 0.1) is 0 Å². The smallest absolute Gasteiger partial charge is 0.224 e. The quantitative estimate of drug-likeness (QED) is 0.804. The van der Waals surface area contributed by atoms with E-state index in [1.54, 1.807) is 0 Å². The van der Waals surface area contributed by atoms with Crippen molar-refractivity contribution in [1.29, 1.82) is 0 Å². The molecular formula is C12H22N4. The summed E-state index contributed by atoms with van der Waals surface area (Å²) in [4.78, 5) is 8.60. The summed E-state index contributed by atoms with van der Waals surface area (Å²) < 4.78 is 0. The first-order valence-electron chi connectivity index (χ1n) is 5.78. The average molecular weight is 222 g/mol. The highest BCUT2D eigenvalue weighted by Crippen LogP contribution is 2.21. The highest BCUT2D eigenvalue weighted by molar-refractivity contribution is 5.47. The maximum Gasteiger partial charge on any atom is 0.224 e. The topological polar surface area (TPSA) is 49.8 Å². The maximum absolute atomic E-state index is 4.42. The number of anilines is 2. The number of rotatable bonds is 5. The van der Waals surface area contributed by atoms with Gasteiger partial charge in [-0.05, 0) is 27.2 Å². The molecule has 0 spiro atoms. The molecule has 0 saturated heterocycles. The number of hydrogen-bond donors (Lipinski definition) is 2. The average Bonchev–Trinajstić information content (AvgIpc) is 2.21. The predicted octanol–water partition coefficient (Wildman–Crippen LogP) is 2.82. The van der Waals surface area contributed by atoms with Gasteiger partial charge in [-0.25, -0.2) is 4.98 Å². The Hall–Kier alpha value is -1.32. The van der Waals surface area contributed by atoms with Crippen molar-refractivity contribution in [3.8, 4) is 0 Å². The summed E-state index contributed by atoms with van der Waals surface area (Å²) in [7, 11) is 1.83. The molecular weight excluding hydrogens is 200 g/mol. The normalized spacial score (nSPS) is 11.3. The van der Waals surface area contributed by atoms with Crippen LogP contribution >= 0.6 is 0 Å². The molecule has 0 radical (unpaired) electrons. The molecule has 90 valence electrons. The van der Waals surface area contributed by atoms with E-state index < -0.39 is 0 Å². The van der Waals surface area contributed by atoms with Crippen molar-refractivity contribution in [1.82, 2.24) is 9.97 Å². The third-order valence-electron chi connectivity index (χ3n) is 2.53. The molecule has 1 heterocycles. The first kappa shape index (κ1) is 12.7. The van der Waals surface area contributed by atoms with Crippen LogP contribution in [0.15, 0.2) is 6.20 Å². The molecule has 2 N–H and O–H groups in total. The molecule has 4 nitrogen and oxygen atoms in total. The zero-order valence-electron chi connectivity index (χ0n) is 10.9. The molecule has 0 aromatic carbocycles. The van der Waals surface area contributed by atoms with E-state index >= 15 is 0 Å². The lowest BCUT2D eigenvalue weighted by atomic mass is 9.99. The summed E-state index contributed by atoms with van der Waals surface area (Å²) in [5.41, 5.74) is 1.14. The Bertz CT molecular complexity index is 347. The van der Waals surface area contributed by atoms with E-state index in [-0.39, 0.29) is 5.54 Å². The van der Waals surface area contributed by atoms with Crippen LogP contribution in [0.25, 0.3) is 0 Å². The molecule has 0 amide bonds. The van der Waals surface area contributed by atoms with Crippen molar-refractivity contribution in [2.24, 2.45) is 0 Å². The summed E-state index contributed by atoms with van der Waals surface area (Å²) in [5.74, 6) is 1.57. The molecule has 4 heteroatoms. The fraction of sp³-hybridized carbons (Fsp3) is 0.667. The number of aryl methyl sites for hydroxylation is 1. The van der Waals surface area contributed by atoms with Gasteiger partial charge in [-0.15, -0.1) is 0 Å². The van der Waals surface area contributed by atoms with Crippen molar-refractivity contribution < 1.29 is 0 Å². The second-order valence-corrected chi connectivity index (χ2v) is 4.73. The zero-order chi connectivity index (χ0) is 12.2. The van der Waals surface area contributed by atoms with Crippen LogP contribution in [0.2, 0.25) is 0 Å². The van der Waals surface area contributed by atoms with E-state index in [1.807, 2.05) is 20.2 Å². The Morgan fingerprint density at radius 1 is 1.38 bits per heavy atom. The third kappa shape index (κ3) is 3.36. The van der Waals surface area contributed by atoms with Gasteiger partial charge in [0.1, 0.15) is 5.82 Å². The third-order valence-corrected chi connectivity index (χ3v) is 2.53. The van der Waals surface area contributed by atoms with Crippen LogP contribution in [0.4, 0.5) is 11.8 Å². The number of nitrogens with zero attached hydrogens (tertiary/aromatic N) is 2. The minimum Gasteiger partial charge on any atom is -0.365 e. The second-order valence-electron chi connectivity index (χ2n) is 4.73. The first-order valence-corrected chi connectivity index (χ1v) is 5.78. The molecule has 0 aliphatic heterocycles. The van der Waals surface area contributed by atoms with Gasteiger partial charge < -0.3 is 10.6 Å². The molecule has 0 bridgehead atoms. The van der Waals surface area contributed by atoms with Crippen LogP contribution in [0, 0.1) is 6.92 Å². The van der Waals surface area contributed by atoms with E-state index in [0.717, 1.165) is 24.2 Å². The number of hydrogen-bond acceptors (Lipinski definition) is 4. The van der Waals surface area contributed by atoms with Crippen LogP contribution < -0.4 is 10.6 Å². The van der Waals surface area contributed by atoms with Crippen molar-refractivity contribution in [2.45, 2.75) is 46.1 Å². The van der Waals surface area contributed by atoms with Gasteiger partial charge in [-0.2, -0.15) is 4.98 Å². The van der Waals surface area contributed by atoms with Gasteiger partial charge >= 0.3 is 0 Å². The Balaban J connectivity index is 2.87. The summed E-state index contributed by atoms with van der Waals surface area (Å²) in [6, 6.07) is 0. The van der Waals surface area contributed by atoms with Gasteiger partial charge in [0, 0.05) is 24.3 Å². The zero-order valence-corrected chi connectivity index (χ0v) is 10.9. The van der Waals surface area contributed by atoms with Gasteiger partial charge in [0.15, 0.2) is 0 Å². The van der Waals surface area contributed by atoms with Crippen LogP contribution in [-0.4, -0.2) is 22.6 Å². The Morgan fingerprint density at radius 2 is 2.06 bits per heavy atom. The Labute approximate surface area is 97.9 Å². The lowest BCUT2D eigenvalue weighted by molar-refractivity contribution is 0.508. The molecule has 0 saturated carbocycles. The van der Waals surface area contributed by atoms with E-state index in [1.165, 1.54) is 0 Å². The van der Waals surface area contributed by atoms with Crippen molar-refractivity contribution in [3.63, 3.8) is 0 Å². The minimum atomic E-state index is 0.0683. The molecule has 1 rings (SSSR count). The summed E-state index contributed by atoms with van der Waals surface area (Å²) >= 11 is 0. The van der Waals surface area contributed by atoms with Crippen molar-refractivity contribution in [3.05, 3.63) is 11.8 Å². The maximum atomic E-state index is 4.42. The minimum absolute atomic E-state index is 0.0683. The molecule has 0 atom stereocenters. The highest BCUT2D eigenvalue weighted by atomic mass is 15.1. The largest absolute Gasteiger partial charge is 0.365 e. The van der Waals surface area contributed by atoms with Crippen molar-refractivity contribution in [2.75, 3.05) is 17.7 Å². The molecule has 1 aromatic heterocycles.